The highest BCUT2D eigenvalue weighted by molar-refractivity contribution is 5.97. The van der Waals surface area contributed by atoms with E-state index in [2.05, 4.69) is 11.9 Å². The second-order valence-electron chi connectivity index (χ2n) is 4.29. The van der Waals surface area contributed by atoms with Crippen molar-refractivity contribution in [2.24, 2.45) is 4.99 Å². The molecule has 18 heavy (non-hydrogen) atoms. The van der Waals surface area contributed by atoms with Gasteiger partial charge in [0.2, 0.25) is 0 Å². The van der Waals surface area contributed by atoms with Crippen LogP contribution in [0.3, 0.4) is 0 Å². The molecule has 0 fully saturated rings. The Morgan fingerprint density at radius 2 is 2.00 bits per heavy atom. The summed E-state index contributed by atoms with van der Waals surface area (Å²) in [5, 5.41) is 0. The molecule has 0 N–H and O–H groups in total. The van der Waals surface area contributed by atoms with Crippen LogP contribution in [0.15, 0.2) is 35.3 Å². The van der Waals surface area contributed by atoms with Crippen molar-refractivity contribution < 1.29 is 9.53 Å². The molecule has 1 aromatic carbocycles. The van der Waals surface area contributed by atoms with Crippen LogP contribution >= 0.6 is 0 Å². The largest absolute Gasteiger partial charge is 0.465 e. The fraction of sp³-hybridized carbons (Fsp3) is 0.467. The molecule has 0 bridgehead atoms. The predicted molar refractivity (Wildman–Crippen MR) is 73.7 cm³/mol. The number of esters is 1. The zero-order valence-electron chi connectivity index (χ0n) is 11.2. The van der Waals surface area contributed by atoms with Crippen LogP contribution in [0.1, 0.15) is 38.7 Å². The topological polar surface area (TPSA) is 38.7 Å². The Hall–Kier alpha value is -1.64. The minimum atomic E-state index is -0.183. The van der Waals surface area contributed by atoms with Gasteiger partial charge in [-0.2, -0.15) is 0 Å². The summed E-state index contributed by atoms with van der Waals surface area (Å²) in [6, 6.07) is 10.00. The maximum atomic E-state index is 11.4. The zero-order valence-corrected chi connectivity index (χ0v) is 11.2. The van der Waals surface area contributed by atoms with Crippen LogP contribution < -0.4 is 0 Å². The van der Waals surface area contributed by atoms with Crippen molar-refractivity contribution in [2.45, 2.75) is 39.7 Å². The van der Waals surface area contributed by atoms with Crippen molar-refractivity contribution >= 4 is 11.7 Å². The summed E-state index contributed by atoms with van der Waals surface area (Å²) in [5.41, 5.74) is 1.97. The predicted octanol–water partition coefficient (Wildman–Crippen LogP) is 3.38. The first-order chi connectivity index (χ1) is 8.72. The van der Waals surface area contributed by atoms with E-state index >= 15 is 0 Å². The first-order valence-electron chi connectivity index (χ1n) is 6.42. The van der Waals surface area contributed by atoms with Gasteiger partial charge in [-0.05, 0) is 18.9 Å². The molecule has 0 saturated carbocycles. The second kappa shape index (κ2) is 8.45. The summed E-state index contributed by atoms with van der Waals surface area (Å²) in [5.74, 6) is -0.183. The van der Waals surface area contributed by atoms with Crippen LogP contribution in [-0.4, -0.2) is 18.3 Å². The number of carbonyl (C=O) groups excluding carboxylic acids is 1. The lowest BCUT2D eigenvalue weighted by molar-refractivity contribution is -0.142. The summed E-state index contributed by atoms with van der Waals surface area (Å²) in [4.78, 5) is 15.8. The summed E-state index contributed by atoms with van der Waals surface area (Å²) in [7, 11) is 0. The Labute approximate surface area is 109 Å². The van der Waals surface area contributed by atoms with Crippen LogP contribution in [0, 0.1) is 0 Å². The third-order valence-corrected chi connectivity index (χ3v) is 2.54. The van der Waals surface area contributed by atoms with Crippen molar-refractivity contribution in [3.8, 4) is 0 Å². The van der Waals surface area contributed by atoms with Gasteiger partial charge in [-0.15, -0.1) is 0 Å². The van der Waals surface area contributed by atoms with Crippen LogP contribution in [0.2, 0.25) is 0 Å². The van der Waals surface area contributed by atoms with Gasteiger partial charge in [-0.25, -0.2) is 0 Å². The molecule has 0 amide bonds. The van der Waals surface area contributed by atoms with E-state index in [1.807, 2.05) is 37.3 Å². The maximum absolute atomic E-state index is 11.4. The van der Waals surface area contributed by atoms with E-state index in [0.717, 1.165) is 24.1 Å². The SMILES string of the molecule is CCCCOC(=O)C/C(C)=N/Cc1ccccc1. The highest BCUT2D eigenvalue weighted by Crippen LogP contribution is 2.02. The Morgan fingerprint density at radius 3 is 2.67 bits per heavy atom. The summed E-state index contributed by atoms with van der Waals surface area (Å²) < 4.78 is 5.09. The standard InChI is InChI=1S/C15H21NO2/c1-3-4-10-18-15(17)11-13(2)16-12-14-8-6-5-7-9-14/h5-9H,3-4,10-12H2,1-2H3/b16-13+. The molecule has 0 aliphatic rings. The van der Waals surface area contributed by atoms with Gasteiger partial charge in [-0.1, -0.05) is 43.7 Å². The minimum Gasteiger partial charge on any atom is -0.465 e. The Bertz CT molecular complexity index is 385. The molecule has 0 spiro atoms. The number of hydrogen-bond acceptors (Lipinski definition) is 3. The van der Waals surface area contributed by atoms with E-state index in [1.54, 1.807) is 0 Å². The first kappa shape index (κ1) is 14.4. The Balaban J connectivity index is 2.31. The van der Waals surface area contributed by atoms with E-state index in [0.29, 0.717) is 13.2 Å². The van der Waals surface area contributed by atoms with E-state index in [9.17, 15) is 4.79 Å². The van der Waals surface area contributed by atoms with Crippen molar-refractivity contribution in [1.82, 2.24) is 0 Å². The molecule has 3 heteroatoms. The molecule has 0 aliphatic carbocycles. The fourth-order valence-electron chi connectivity index (χ4n) is 1.46. The zero-order chi connectivity index (χ0) is 13.2. The molecular weight excluding hydrogens is 226 g/mol. The number of hydrogen-bond donors (Lipinski definition) is 0. The highest BCUT2D eigenvalue weighted by Gasteiger charge is 2.04. The molecule has 0 radical (unpaired) electrons. The van der Waals surface area contributed by atoms with Gasteiger partial charge < -0.3 is 4.74 Å². The Morgan fingerprint density at radius 1 is 1.28 bits per heavy atom. The molecule has 0 aromatic heterocycles. The lowest BCUT2D eigenvalue weighted by Gasteiger charge is -2.04. The van der Waals surface area contributed by atoms with Crippen molar-refractivity contribution in [2.75, 3.05) is 6.61 Å². The van der Waals surface area contributed by atoms with Gasteiger partial charge in [0.15, 0.2) is 0 Å². The normalized spacial score (nSPS) is 11.3. The van der Waals surface area contributed by atoms with Gasteiger partial charge >= 0.3 is 5.97 Å². The molecule has 3 nitrogen and oxygen atoms in total. The third-order valence-electron chi connectivity index (χ3n) is 2.54. The van der Waals surface area contributed by atoms with Crippen LogP contribution in [0.5, 0.6) is 0 Å². The fourth-order valence-corrected chi connectivity index (χ4v) is 1.46. The molecule has 0 aliphatic heterocycles. The number of rotatable bonds is 7. The van der Waals surface area contributed by atoms with E-state index in [1.165, 1.54) is 0 Å². The molecule has 0 atom stereocenters. The lowest BCUT2D eigenvalue weighted by Crippen LogP contribution is -2.10. The van der Waals surface area contributed by atoms with E-state index < -0.39 is 0 Å². The molecule has 0 unspecified atom stereocenters. The molecule has 1 aromatic rings. The molecule has 0 heterocycles. The van der Waals surface area contributed by atoms with Gasteiger partial charge in [0.05, 0.1) is 19.6 Å². The average Bonchev–Trinajstić information content (AvgIpc) is 2.38. The number of aliphatic imine (C=N–C) groups is 1. The van der Waals surface area contributed by atoms with E-state index in [-0.39, 0.29) is 12.4 Å². The number of unbranched alkanes of at least 4 members (excludes halogenated alkanes) is 1. The molecule has 1 rings (SSSR count). The van der Waals surface area contributed by atoms with Gasteiger partial charge in [0.25, 0.3) is 0 Å². The summed E-state index contributed by atoms with van der Waals surface area (Å²) in [6.45, 7) is 5.07. The van der Waals surface area contributed by atoms with Gasteiger partial charge in [0.1, 0.15) is 0 Å². The highest BCUT2D eigenvalue weighted by atomic mass is 16.5. The van der Waals surface area contributed by atoms with Crippen LogP contribution in [-0.2, 0) is 16.1 Å². The van der Waals surface area contributed by atoms with Gasteiger partial charge in [0, 0.05) is 5.71 Å². The number of benzene rings is 1. The van der Waals surface area contributed by atoms with Crippen molar-refractivity contribution in [3.05, 3.63) is 35.9 Å². The smallest absolute Gasteiger partial charge is 0.311 e. The number of nitrogens with zero attached hydrogens (tertiary/aromatic N) is 1. The summed E-state index contributed by atoms with van der Waals surface area (Å²) >= 11 is 0. The number of ether oxygens (including phenoxy) is 1. The quantitative estimate of drug-likeness (QED) is 0.421. The third kappa shape index (κ3) is 6.18. The molecule has 98 valence electrons. The van der Waals surface area contributed by atoms with E-state index in [4.69, 9.17) is 4.74 Å². The lowest BCUT2D eigenvalue weighted by atomic mass is 10.2. The average molecular weight is 247 g/mol. The van der Waals surface area contributed by atoms with Crippen LogP contribution in [0.25, 0.3) is 0 Å². The van der Waals surface area contributed by atoms with Crippen molar-refractivity contribution in [1.29, 1.82) is 0 Å². The molecular formula is C15H21NO2. The second-order valence-corrected chi connectivity index (χ2v) is 4.29. The first-order valence-corrected chi connectivity index (χ1v) is 6.42. The maximum Gasteiger partial charge on any atom is 0.311 e. The number of carbonyl (C=O) groups is 1. The Kier molecular flexibility index (Phi) is 6.77. The monoisotopic (exact) mass is 247 g/mol. The molecule has 0 saturated heterocycles. The van der Waals surface area contributed by atoms with Crippen molar-refractivity contribution in [3.63, 3.8) is 0 Å². The van der Waals surface area contributed by atoms with Crippen LogP contribution in [0.4, 0.5) is 0 Å². The summed E-state index contributed by atoms with van der Waals surface area (Å²) in [6.07, 6.45) is 2.25. The minimum absolute atomic E-state index is 0.183. The van der Waals surface area contributed by atoms with Gasteiger partial charge in [-0.3, -0.25) is 9.79 Å².